The minimum Gasteiger partial charge on any atom is -0.381 e. The fourth-order valence-electron chi connectivity index (χ4n) is 7.76. The predicted octanol–water partition coefficient (Wildman–Crippen LogP) is 3.24. The second-order valence-electron chi connectivity index (χ2n) is 8.34. The van der Waals surface area contributed by atoms with E-state index < -0.39 is 0 Å². The van der Waals surface area contributed by atoms with Gasteiger partial charge in [0.1, 0.15) is 0 Å². The van der Waals surface area contributed by atoms with Gasteiger partial charge in [-0.05, 0) is 61.1 Å². The molecule has 4 fully saturated rings. The van der Waals surface area contributed by atoms with E-state index in [4.69, 9.17) is 0 Å². The molecule has 1 aromatic rings. The highest BCUT2D eigenvalue weighted by atomic mass is 15.3. The van der Waals surface area contributed by atoms with E-state index in [0.717, 1.165) is 17.9 Å². The van der Waals surface area contributed by atoms with Gasteiger partial charge in [0.25, 0.3) is 0 Å². The molecular weight excluding hydrogens is 256 g/mol. The summed E-state index contributed by atoms with van der Waals surface area (Å²) in [5, 5.41) is 3.94. The largest absolute Gasteiger partial charge is 0.381 e. The lowest BCUT2D eigenvalue weighted by Gasteiger charge is -2.55. The van der Waals surface area contributed by atoms with Gasteiger partial charge in [-0.15, -0.1) is 0 Å². The number of nitrogens with zero attached hydrogens (tertiary/aromatic N) is 1. The summed E-state index contributed by atoms with van der Waals surface area (Å²) >= 11 is 0. The molecule has 6 rings (SSSR count). The van der Waals surface area contributed by atoms with Gasteiger partial charge in [0.2, 0.25) is 0 Å². The molecule has 1 N–H and O–H groups in total. The van der Waals surface area contributed by atoms with Gasteiger partial charge in [-0.3, -0.25) is 4.90 Å². The van der Waals surface area contributed by atoms with Crippen molar-refractivity contribution in [2.24, 2.45) is 17.3 Å². The molecule has 2 heteroatoms. The summed E-state index contributed by atoms with van der Waals surface area (Å²) in [6.45, 7) is 5.31. The van der Waals surface area contributed by atoms with E-state index in [-0.39, 0.29) is 0 Å². The van der Waals surface area contributed by atoms with E-state index in [1.54, 1.807) is 5.56 Å². The van der Waals surface area contributed by atoms with Crippen molar-refractivity contribution in [3.8, 4) is 0 Å². The number of anilines is 1. The summed E-state index contributed by atoms with van der Waals surface area (Å²) in [5.41, 5.74) is 4.19. The normalized spacial score (nSPS) is 52.4. The second-order valence-corrected chi connectivity index (χ2v) is 8.34. The fourth-order valence-corrected chi connectivity index (χ4v) is 7.76. The second kappa shape index (κ2) is 3.32. The Balaban J connectivity index is 1.67. The number of para-hydroxylation sites is 1. The average Bonchev–Trinajstić information content (AvgIpc) is 3.08. The molecule has 5 aliphatic rings. The minimum absolute atomic E-state index is 0.439. The summed E-state index contributed by atoms with van der Waals surface area (Å²) in [5.74, 6) is 1.79. The summed E-state index contributed by atoms with van der Waals surface area (Å²) < 4.78 is 0. The minimum atomic E-state index is 0.439. The van der Waals surface area contributed by atoms with Crippen LogP contribution in [0.1, 0.15) is 38.2 Å². The Morgan fingerprint density at radius 2 is 2.14 bits per heavy atom. The number of rotatable bonds is 0. The molecule has 1 spiro atoms. The van der Waals surface area contributed by atoms with Crippen molar-refractivity contribution in [2.45, 2.75) is 50.1 Å². The number of piperidine rings is 2. The zero-order chi connectivity index (χ0) is 13.8. The molecular formula is C19H24N2. The lowest BCUT2D eigenvalue weighted by atomic mass is 9.58. The number of hydrogen-bond donors (Lipinski definition) is 1. The molecule has 2 aliphatic carbocycles. The third-order valence-corrected chi connectivity index (χ3v) is 8.20. The number of hydrogen-bond acceptors (Lipinski definition) is 2. The molecule has 6 unspecified atom stereocenters. The maximum absolute atomic E-state index is 3.94. The average molecular weight is 280 g/mol. The standard InChI is InChI=1S/C19H24N2/c1-12-14-11-21-10-4-8-18(12)9-7-16-19(14,17(18)21)13-5-2-3-6-15(13)20-16/h2-3,5-6,12,14,16-17,20H,4,7-11H2,1H3. The van der Waals surface area contributed by atoms with Crippen molar-refractivity contribution in [3.63, 3.8) is 0 Å². The number of benzene rings is 1. The number of fused-ring (bicyclic) bond motifs is 1. The Labute approximate surface area is 126 Å². The van der Waals surface area contributed by atoms with Crippen LogP contribution in [0.2, 0.25) is 0 Å². The topological polar surface area (TPSA) is 15.3 Å². The zero-order valence-electron chi connectivity index (χ0n) is 12.8. The van der Waals surface area contributed by atoms with Crippen LogP contribution in [0.4, 0.5) is 5.69 Å². The summed E-state index contributed by atoms with van der Waals surface area (Å²) in [6.07, 6.45) is 5.77. The van der Waals surface area contributed by atoms with Crippen LogP contribution in [0.25, 0.3) is 0 Å². The molecule has 2 nitrogen and oxygen atoms in total. The molecule has 3 aliphatic heterocycles. The molecule has 0 radical (unpaired) electrons. The van der Waals surface area contributed by atoms with Crippen molar-refractivity contribution in [2.75, 3.05) is 18.4 Å². The lowest BCUT2D eigenvalue weighted by Crippen LogP contribution is -2.61. The molecule has 6 atom stereocenters. The maximum atomic E-state index is 3.94. The Morgan fingerprint density at radius 3 is 3.10 bits per heavy atom. The summed E-state index contributed by atoms with van der Waals surface area (Å²) in [4.78, 5) is 2.89. The molecule has 21 heavy (non-hydrogen) atoms. The van der Waals surface area contributed by atoms with E-state index in [2.05, 4.69) is 41.4 Å². The Hall–Kier alpha value is -1.02. The molecule has 2 saturated carbocycles. The van der Waals surface area contributed by atoms with Crippen molar-refractivity contribution in [1.82, 2.24) is 4.90 Å². The van der Waals surface area contributed by atoms with Gasteiger partial charge in [0, 0.05) is 29.7 Å². The van der Waals surface area contributed by atoms with Crippen LogP contribution in [0.3, 0.4) is 0 Å². The Kier molecular flexibility index (Phi) is 1.82. The smallest absolute Gasteiger partial charge is 0.0382 e. The number of nitrogens with one attached hydrogen (secondary N) is 1. The SMILES string of the molecule is CC1C2CN3CCCC14CCC1Nc5ccccc5C12C34. The zero-order valence-corrected chi connectivity index (χ0v) is 12.8. The first-order valence-electron chi connectivity index (χ1n) is 8.88. The Morgan fingerprint density at radius 1 is 1.24 bits per heavy atom. The molecule has 0 amide bonds. The predicted molar refractivity (Wildman–Crippen MR) is 84.4 cm³/mol. The summed E-state index contributed by atoms with van der Waals surface area (Å²) in [7, 11) is 0. The first-order valence-corrected chi connectivity index (χ1v) is 8.88. The molecule has 1 aromatic carbocycles. The van der Waals surface area contributed by atoms with Gasteiger partial charge in [0.15, 0.2) is 0 Å². The monoisotopic (exact) mass is 280 g/mol. The maximum Gasteiger partial charge on any atom is 0.0382 e. The van der Waals surface area contributed by atoms with Gasteiger partial charge in [-0.1, -0.05) is 25.1 Å². The Bertz CT molecular complexity index is 640. The summed E-state index contributed by atoms with van der Waals surface area (Å²) in [6, 6.07) is 10.8. The molecule has 3 heterocycles. The van der Waals surface area contributed by atoms with E-state index in [1.807, 2.05) is 0 Å². The quantitative estimate of drug-likeness (QED) is 0.785. The third-order valence-electron chi connectivity index (χ3n) is 8.20. The molecule has 2 saturated heterocycles. The van der Waals surface area contributed by atoms with Crippen LogP contribution >= 0.6 is 0 Å². The molecule has 110 valence electrons. The first kappa shape index (κ1) is 11.5. The van der Waals surface area contributed by atoms with Gasteiger partial charge in [-0.25, -0.2) is 0 Å². The van der Waals surface area contributed by atoms with Crippen LogP contribution in [0, 0.1) is 17.3 Å². The van der Waals surface area contributed by atoms with Gasteiger partial charge >= 0.3 is 0 Å². The van der Waals surface area contributed by atoms with E-state index in [9.17, 15) is 0 Å². The van der Waals surface area contributed by atoms with Crippen molar-refractivity contribution in [3.05, 3.63) is 29.8 Å². The molecule has 4 bridgehead atoms. The van der Waals surface area contributed by atoms with Crippen LogP contribution in [0.5, 0.6) is 0 Å². The first-order chi connectivity index (χ1) is 10.3. The van der Waals surface area contributed by atoms with Crippen LogP contribution in [-0.2, 0) is 5.41 Å². The van der Waals surface area contributed by atoms with Crippen LogP contribution in [0.15, 0.2) is 24.3 Å². The van der Waals surface area contributed by atoms with Gasteiger partial charge < -0.3 is 5.32 Å². The lowest BCUT2D eigenvalue weighted by molar-refractivity contribution is -0.0436. The van der Waals surface area contributed by atoms with Crippen molar-refractivity contribution < 1.29 is 0 Å². The third kappa shape index (κ3) is 0.973. The van der Waals surface area contributed by atoms with E-state index >= 15 is 0 Å². The van der Waals surface area contributed by atoms with Crippen LogP contribution in [-0.4, -0.2) is 30.1 Å². The van der Waals surface area contributed by atoms with Gasteiger partial charge in [-0.2, -0.15) is 0 Å². The highest BCUT2D eigenvalue weighted by Crippen LogP contribution is 2.74. The highest BCUT2D eigenvalue weighted by molar-refractivity contribution is 5.66. The van der Waals surface area contributed by atoms with Crippen molar-refractivity contribution in [1.29, 1.82) is 0 Å². The van der Waals surface area contributed by atoms with Crippen molar-refractivity contribution >= 4 is 5.69 Å². The highest BCUT2D eigenvalue weighted by Gasteiger charge is 2.78. The fraction of sp³-hybridized carbons (Fsp3) is 0.684. The van der Waals surface area contributed by atoms with E-state index in [1.165, 1.54) is 44.5 Å². The van der Waals surface area contributed by atoms with E-state index in [0.29, 0.717) is 16.9 Å². The van der Waals surface area contributed by atoms with Gasteiger partial charge in [0.05, 0.1) is 0 Å². The molecule has 0 aromatic heterocycles. The van der Waals surface area contributed by atoms with Crippen LogP contribution < -0.4 is 5.32 Å².